The Morgan fingerprint density at radius 1 is 1.33 bits per heavy atom. The molecule has 2 aromatic rings. The Morgan fingerprint density at radius 3 is 3.10 bits per heavy atom. The third kappa shape index (κ3) is 1.95. The maximum absolute atomic E-state index is 10.0. The normalized spacial score (nSPS) is 19.2. The first-order chi connectivity index (χ1) is 10.4. The predicted octanol–water partition coefficient (Wildman–Crippen LogP) is 2.52. The smallest absolute Gasteiger partial charge is 0.0994 e. The van der Waals surface area contributed by atoms with Crippen LogP contribution in [0.4, 0.5) is 0 Å². The van der Waals surface area contributed by atoms with Gasteiger partial charge in [-0.1, -0.05) is 29.9 Å². The van der Waals surface area contributed by atoms with Crippen LogP contribution in [0, 0.1) is 0 Å². The Hall–Kier alpha value is -1.87. The average Bonchev–Trinajstić information content (AvgIpc) is 3.12. The molecule has 2 aliphatic carbocycles. The number of fused-ring (bicyclic) bond motifs is 3. The van der Waals surface area contributed by atoms with Gasteiger partial charge < -0.3 is 9.51 Å². The molecule has 21 heavy (non-hydrogen) atoms. The second-order valence-corrected chi connectivity index (χ2v) is 5.99. The molecule has 0 bridgehead atoms. The SMILES string of the molecule is OCC(C1=CCCCC1)c1c2c(c3cncn13)=CC=CC2. The van der Waals surface area contributed by atoms with Crippen LogP contribution in [0.25, 0.3) is 11.6 Å². The summed E-state index contributed by atoms with van der Waals surface area (Å²) in [5.41, 5.74) is 5.18. The van der Waals surface area contributed by atoms with Crippen LogP contribution >= 0.6 is 0 Å². The molecule has 108 valence electrons. The molecule has 0 saturated carbocycles. The van der Waals surface area contributed by atoms with Gasteiger partial charge in [0.2, 0.25) is 0 Å². The summed E-state index contributed by atoms with van der Waals surface area (Å²) in [6, 6.07) is 0. The largest absolute Gasteiger partial charge is 0.395 e. The van der Waals surface area contributed by atoms with Gasteiger partial charge in [0, 0.05) is 16.8 Å². The fourth-order valence-electron chi connectivity index (χ4n) is 3.81. The van der Waals surface area contributed by atoms with Crippen LogP contribution in [0.3, 0.4) is 0 Å². The second-order valence-electron chi connectivity index (χ2n) is 5.99. The van der Waals surface area contributed by atoms with E-state index in [0.717, 1.165) is 19.3 Å². The maximum Gasteiger partial charge on any atom is 0.0994 e. The lowest BCUT2D eigenvalue weighted by atomic mass is 9.85. The summed E-state index contributed by atoms with van der Waals surface area (Å²) in [5, 5.41) is 11.3. The summed E-state index contributed by atoms with van der Waals surface area (Å²) in [7, 11) is 0. The van der Waals surface area contributed by atoms with Crippen molar-refractivity contribution in [3.63, 3.8) is 0 Å². The summed E-state index contributed by atoms with van der Waals surface area (Å²) >= 11 is 0. The number of hydrogen-bond acceptors (Lipinski definition) is 2. The van der Waals surface area contributed by atoms with E-state index in [1.807, 2.05) is 12.5 Å². The Kier molecular flexibility index (Phi) is 3.15. The van der Waals surface area contributed by atoms with Crippen LogP contribution in [0.2, 0.25) is 0 Å². The van der Waals surface area contributed by atoms with E-state index in [9.17, 15) is 5.11 Å². The Bertz CT molecular complexity index is 782. The van der Waals surface area contributed by atoms with Gasteiger partial charge in [0.05, 0.1) is 24.6 Å². The van der Waals surface area contributed by atoms with Gasteiger partial charge >= 0.3 is 0 Å². The number of nitrogens with zero attached hydrogens (tertiary/aromatic N) is 2. The van der Waals surface area contributed by atoms with Crippen LogP contribution < -0.4 is 5.22 Å². The molecule has 2 heterocycles. The molecule has 0 aromatic carbocycles. The van der Waals surface area contributed by atoms with Crippen molar-refractivity contribution in [1.82, 2.24) is 9.38 Å². The number of aliphatic hydroxyl groups is 1. The van der Waals surface area contributed by atoms with Crippen molar-refractivity contribution in [2.75, 3.05) is 6.61 Å². The molecule has 2 aromatic heterocycles. The van der Waals surface area contributed by atoms with E-state index in [1.165, 1.54) is 40.4 Å². The van der Waals surface area contributed by atoms with E-state index in [1.54, 1.807) is 0 Å². The van der Waals surface area contributed by atoms with Crippen LogP contribution in [0.1, 0.15) is 42.9 Å². The van der Waals surface area contributed by atoms with Crippen molar-refractivity contribution < 1.29 is 5.11 Å². The third-order valence-electron chi connectivity index (χ3n) is 4.82. The molecule has 0 spiro atoms. The Balaban J connectivity index is 1.93. The summed E-state index contributed by atoms with van der Waals surface area (Å²) in [6.45, 7) is 0.180. The number of aromatic nitrogens is 2. The number of imidazole rings is 1. The van der Waals surface area contributed by atoms with E-state index < -0.39 is 0 Å². The molecule has 2 aliphatic rings. The second kappa shape index (κ2) is 5.15. The molecule has 1 atom stereocenters. The summed E-state index contributed by atoms with van der Waals surface area (Å²) < 4.78 is 2.19. The molecule has 1 N–H and O–H groups in total. The van der Waals surface area contributed by atoms with Crippen LogP contribution in [-0.4, -0.2) is 21.1 Å². The van der Waals surface area contributed by atoms with Gasteiger partial charge in [0.1, 0.15) is 0 Å². The molecule has 0 saturated heterocycles. The fraction of sp³-hybridized carbons (Fsp3) is 0.389. The minimum absolute atomic E-state index is 0.116. The van der Waals surface area contributed by atoms with Gasteiger partial charge in [-0.15, -0.1) is 0 Å². The van der Waals surface area contributed by atoms with Gasteiger partial charge in [-0.25, -0.2) is 4.98 Å². The van der Waals surface area contributed by atoms with E-state index in [2.05, 4.69) is 33.7 Å². The van der Waals surface area contributed by atoms with Crippen LogP contribution in [0.15, 0.2) is 36.3 Å². The first-order valence-electron chi connectivity index (χ1n) is 7.83. The van der Waals surface area contributed by atoms with Crippen molar-refractivity contribution in [3.8, 4) is 0 Å². The minimum Gasteiger partial charge on any atom is -0.395 e. The highest BCUT2D eigenvalue weighted by molar-refractivity contribution is 5.63. The summed E-state index contributed by atoms with van der Waals surface area (Å²) in [4.78, 5) is 4.31. The standard InChI is InChI=1S/C18H20N2O/c21-11-16(13-6-2-1-3-7-13)18-15-9-5-4-8-14(15)17-10-19-12-20(17)18/h4-6,8,10,12,16,21H,1-3,7,9,11H2. The van der Waals surface area contributed by atoms with E-state index in [4.69, 9.17) is 0 Å². The van der Waals surface area contributed by atoms with E-state index in [0.29, 0.717) is 0 Å². The lowest BCUT2D eigenvalue weighted by molar-refractivity contribution is 0.273. The monoisotopic (exact) mass is 280 g/mol. The molecule has 3 heteroatoms. The van der Waals surface area contributed by atoms with Crippen LogP contribution in [-0.2, 0) is 6.42 Å². The Labute approximate surface area is 124 Å². The Morgan fingerprint density at radius 2 is 2.29 bits per heavy atom. The van der Waals surface area contributed by atoms with E-state index >= 15 is 0 Å². The van der Waals surface area contributed by atoms with Crippen LogP contribution in [0.5, 0.6) is 0 Å². The van der Waals surface area contributed by atoms with Crippen molar-refractivity contribution in [3.05, 3.63) is 52.8 Å². The molecule has 0 radical (unpaired) electrons. The van der Waals surface area contributed by atoms with Gasteiger partial charge in [-0.3, -0.25) is 0 Å². The average molecular weight is 280 g/mol. The zero-order chi connectivity index (χ0) is 14.2. The summed E-state index contributed by atoms with van der Waals surface area (Å²) in [5.74, 6) is 0.116. The highest BCUT2D eigenvalue weighted by atomic mass is 16.3. The summed E-state index contributed by atoms with van der Waals surface area (Å²) in [6.07, 6.45) is 18.4. The lowest BCUT2D eigenvalue weighted by Gasteiger charge is -2.23. The van der Waals surface area contributed by atoms with Crippen molar-refractivity contribution in [2.24, 2.45) is 0 Å². The molecule has 3 nitrogen and oxygen atoms in total. The molecular formula is C18H20N2O. The first kappa shape index (κ1) is 12.8. The maximum atomic E-state index is 10.0. The zero-order valence-corrected chi connectivity index (χ0v) is 12.1. The molecule has 0 amide bonds. The number of aliphatic hydroxyl groups excluding tert-OH is 1. The minimum atomic E-state index is 0.116. The number of rotatable bonds is 3. The van der Waals surface area contributed by atoms with Crippen molar-refractivity contribution in [1.29, 1.82) is 0 Å². The quantitative estimate of drug-likeness (QED) is 0.877. The zero-order valence-electron chi connectivity index (χ0n) is 12.1. The third-order valence-corrected chi connectivity index (χ3v) is 4.82. The number of hydrogen-bond donors (Lipinski definition) is 1. The van der Waals surface area contributed by atoms with Gasteiger partial charge in [-0.05, 0) is 37.7 Å². The number of allylic oxidation sites excluding steroid dienone is 3. The lowest BCUT2D eigenvalue weighted by Crippen LogP contribution is -2.16. The predicted molar refractivity (Wildman–Crippen MR) is 84.1 cm³/mol. The molecule has 4 rings (SSSR count). The highest BCUT2D eigenvalue weighted by Crippen LogP contribution is 2.34. The highest BCUT2D eigenvalue weighted by Gasteiger charge is 2.25. The molecule has 1 unspecified atom stereocenters. The molecular weight excluding hydrogens is 260 g/mol. The van der Waals surface area contributed by atoms with Crippen molar-refractivity contribution in [2.45, 2.75) is 38.0 Å². The molecule has 0 fully saturated rings. The van der Waals surface area contributed by atoms with Gasteiger partial charge in [0.15, 0.2) is 0 Å². The fourth-order valence-corrected chi connectivity index (χ4v) is 3.81. The van der Waals surface area contributed by atoms with Gasteiger partial charge in [-0.2, -0.15) is 0 Å². The van der Waals surface area contributed by atoms with E-state index in [-0.39, 0.29) is 12.5 Å². The topological polar surface area (TPSA) is 37.5 Å². The molecule has 0 aliphatic heterocycles. The first-order valence-corrected chi connectivity index (χ1v) is 7.83. The van der Waals surface area contributed by atoms with Gasteiger partial charge in [0.25, 0.3) is 0 Å². The van der Waals surface area contributed by atoms with Crippen molar-refractivity contribution >= 4 is 11.6 Å².